The van der Waals surface area contributed by atoms with Crippen LogP contribution in [-0.4, -0.2) is 38.1 Å². The van der Waals surface area contributed by atoms with Crippen molar-refractivity contribution < 1.29 is 18.0 Å². The molecule has 7 nitrogen and oxygen atoms in total. The summed E-state index contributed by atoms with van der Waals surface area (Å²) in [7, 11) is -3.30. The molecule has 3 aliphatic rings. The van der Waals surface area contributed by atoms with Crippen LogP contribution in [-0.2, 0) is 19.6 Å². The number of carbonyl (C=O) groups excluding carboxylic acids is 2. The number of hydrogen-bond donors (Lipinski definition) is 1. The van der Waals surface area contributed by atoms with Crippen LogP contribution in [0.3, 0.4) is 0 Å². The summed E-state index contributed by atoms with van der Waals surface area (Å²) < 4.78 is 27.0. The molecule has 2 aromatic rings. The van der Waals surface area contributed by atoms with Crippen LogP contribution in [0.2, 0.25) is 0 Å². The van der Waals surface area contributed by atoms with Gasteiger partial charge in [0, 0.05) is 25.1 Å². The fraction of sp³-hybridized carbons (Fsp3) is 0.417. The highest BCUT2D eigenvalue weighted by molar-refractivity contribution is 7.93. The molecule has 2 saturated carbocycles. The van der Waals surface area contributed by atoms with Crippen molar-refractivity contribution in [1.82, 2.24) is 0 Å². The number of anilines is 3. The molecule has 0 aromatic heterocycles. The Morgan fingerprint density at radius 3 is 2.19 bits per heavy atom. The van der Waals surface area contributed by atoms with E-state index in [0.717, 1.165) is 35.3 Å². The maximum Gasteiger partial charge on any atom is 0.235 e. The number of benzene rings is 2. The third kappa shape index (κ3) is 3.88. The number of hydrogen-bond acceptors (Lipinski definition) is 4. The second-order valence-electron chi connectivity index (χ2n) is 9.09. The molecular formula is C24H27N3O4S. The summed E-state index contributed by atoms with van der Waals surface area (Å²) in [4.78, 5) is 28.9. The van der Waals surface area contributed by atoms with E-state index >= 15 is 0 Å². The Hall–Kier alpha value is -2.87. The standard InChI is InChI=1S/C24H27N3O4S/c1-15-14-26(24(29)18-3-4-18)23-13-19(7-12-22(23)27(15)16(2)28)17-5-8-20(9-6-17)25-32(30,31)21-10-11-21/h5-9,12-13,15,18,21,25H,3-4,10-11,14H2,1-2H3/t15-/m0/s1. The van der Waals surface area contributed by atoms with Gasteiger partial charge in [-0.3, -0.25) is 14.3 Å². The van der Waals surface area contributed by atoms with Gasteiger partial charge in [-0.2, -0.15) is 0 Å². The van der Waals surface area contributed by atoms with Crippen LogP contribution in [0, 0.1) is 5.92 Å². The van der Waals surface area contributed by atoms with Crippen molar-refractivity contribution in [3.05, 3.63) is 42.5 Å². The van der Waals surface area contributed by atoms with Gasteiger partial charge in [-0.1, -0.05) is 18.2 Å². The summed E-state index contributed by atoms with van der Waals surface area (Å²) in [5.74, 6) is 0.168. The first-order chi connectivity index (χ1) is 15.2. The topological polar surface area (TPSA) is 86.8 Å². The molecule has 2 aromatic carbocycles. The minimum absolute atomic E-state index is 0.0441. The Labute approximate surface area is 188 Å². The largest absolute Gasteiger partial charge is 0.308 e. The molecule has 0 unspecified atom stereocenters. The van der Waals surface area contributed by atoms with Gasteiger partial charge in [0.2, 0.25) is 21.8 Å². The van der Waals surface area contributed by atoms with Crippen molar-refractivity contribution in [3.63, 3.8) is 0 Å². The summed E-state index contributed by atoms with van der Waals surface area (Å²) >= 11 is 0. The fourth-order valence-electron chi connectivity index (χ4n) is 4.40. The number of nitrogens with zero attached hydrogens (tertiary/aromatic N) is 2. The third-order valence-electron chi connectivity index (χ3n) is 6.39. The summed E-state index contributed by atoms with van der Waals surface area (Å²) in [6.45, 7) is 3.99. The number of sulfonamides is 1. The number of fused-ring (bicyclic) bond motifs is 1. The highest BCUT2D eigenvalue weighted by Gasteiger charge is 2.40. The molecular weight excluding hydrogens is 426 g/mol. The van der Waals surface area contributed by atoms with Gasteiger partial charge in [0.1, 0.15) is 0 Å². The molecule has 1 aliphatic heterocycles. The Morgan fingerprint density at radius 2 is 1.59 bits per heavy atom. The van der Waals surface area contributed by atoms with Gasteiger partial charge >= 0.3 is 0 Å². The van der Waals surface area contributed by atoms with Crippen molar-refractivity contribution in [2.45, 2.75) is 50.8 Å². The lowest BCUT2D eigenvalue weighted by Crippen LogP contribution is -2.51. The Kier molecular flexibility index (Phi) is 5.00. The van der Waals surface area contributed by atoms with Gasteiger partial charge in [-0.15, -0.1) is 0 Å². The minimum Gasteiger partial charge on any atom is -0.308 e. The molecule has 0 bridgehead atoms. The van der Waals surface area contributed by atoms with E-state index in [1.807, 2.05) is 42.2 Å². The molecule has 0 spiro atoms. The van der Waals surface area contributed by atoms with Crippen LogP contribution < -0.4 is 14.5 Å². The lowest BCUT2D eigenvalue weighted by molar-refractivity contribution is -0.120. The molecule has 5 rings (SSSR count). The van der Waals surface area contributed by atoms with E-state index in [1.54, 1.807) is 24.0 Å². The monoisotopic (exact) mass is 453 g/mol. The molecule has 0 radical (unpaired) electrons. The number of carbonyl (C=O) groups is 2. The number of nitrogens with one attached hydrogen (secondary N) is 1. The first-order valence-corrected chi connectivity index (χ1v) is 12.7. The first-order valence-electron chi connectivity index (χ1n) is 11.1. The van der Waals surface area contributed by atoms with Crippen LogP contribution in [0.4, 0.5) is 17.1 Å². The van der Waals surface area contributed by atoms with Crippen LogP contribution in [0.15, 0.2) is 42.5 Å². The predicted octanol–water partition coefficient (Wildman–Crippen LogP) is 3.76. The summed E-state index contributed by atoms with van der Waals surface area (Å²) in [6, 6.07) is 13.0. The maximum absolute atomic E-state index is 13.0. The molecule has 2 aliphatic carbocycles. The fourth-order valence-corrected chi connectivity index (χ4v) is 5.79. The average molecular weight is 454 g/mol. The maximum atomic E-state index is 13.0. The molecule has 1 heterocycles. The van der Waals surface area contributed by atoms with Crippen LogP contribution in [0.5, 0.6) is 0 Å². The zero-order chi connectivity index (χ0) is 22.6. The highest BCUT2D eigenvalue weighted by atomic mass is 32.2. The zero-order valence-corrected chi connectivity index (χ0v) is 19.1. The SMILES string of the molecule is CC(=O)N1c2ccc(-c3ccc(NS(=O)(=O)C4CC4)cc3)cc2N(C(=O)C2CC2)C[C@@H]1C. The van der Waals surface area contributed by atoms with Crippen LogP contribution in [0.25, 0.3) is 11.1 Å². The van der Waals surface area contributed by atoms with E-state index in [1.165, 1.54) is 0 Å². The van der Waals surface area contributed by atoms with Gasteiger partial charge in [0.25, 0.3) is 0 Å². The summed E-state index contributed by atoms with van der Waals surface area (Å²) in [6.07, 6.45) is 3.28. The molecule has 2 amide bonds. The van der Waals surface area contributed by atoms with Crippen molar-refractivity contribution in [1.29, 1.82) is 0 Å². The van der Waals surface area contributed by atoms with E-state index in [-0.39, 0.29) is 29.0 Å². The van der Waals surface area contributed by atoms with Crippen LogP contribution in [0.1, 0.15) is 39.5 Å². The Morgan fingerprint density at radius 1 is 0.938 bits per heavy atom. The molecule has 8 heteroatoms. The predicted molar refractivity (Wildman–Crippen MR) is 125 cm³/mol. The normalized spacial score (nSPS) is 20.6. The molecule has 0 saturated heterocycles. The highest BCUT2D eigenvalue weighted by Crippen LogP contribution is 2.42. The zero-order valence-electron chi connectivity index (χ0n) is 18.2. The second-order valence-corrected chi connectivity index (χ2v) is 11.0. The summed E-state index contributed by atoms with van der Waals surface area (Å²) in [5, 5.41) is -0.274. The van der Waals surface area contributed by atoms with Gasteiger partial charge in [0.15, 0.2) is 0 Å². The molecule has 168 valence electrons. The minimum atomic E-state index is -3.30. The van der Waals surface area contributed by atoms with E-state index in [4.69, 9.17) is 0 Å². The van der Waals surface area contributed by atoms with Crippen molar-refractivity contribution in [2.75, 3.05) is 21.1 Å². The van der Waals surface area contributed by atoms with Gasteiger partial charge in [-0.05, 0) is 68.0 Å². The van der Waals surface area contributed by atoms with Gasteiger partial charge in [-0.25, -0.2) is 8.42 Å². The van der Waals surface area contributed by atoms with E-state index < -0.39 is 10.0 Å². The van der Waals surface area contributed by atoms with Gasteiger partial charge < -0.3 is 9.80 Å². The van der Waals surface area contributed by atoms with Crippen LogP contribution >= 0.6 is 0 Å². The van der Waals surface area contributed by atoms with Crippen molar-refractivity contribution in [2.24, 2.45) is 5.92 Å². The molecule has 2 fully saturated rings. The number of rotatable bonds is 5. The van der Waals surface area contributed by atoms with E-state index in [0.29, 0.717) is 25.1 Å². The number of amides is 2. The Bertz CT molecular complexity index is 1180. The molecule has 1 atom stereocenters. The second kappa shape index (κ2) is 7.62. The lowest BCUT2D eigenvalue weighted by atomic mass is 10.00. The quantitative estimate of drug-likeness (QED) is 0.747. The summed E-state index contributed by atoms with van der Waals surface area (Å²) in [5.41, 5.74) is 3.87. The van der Waals surface area contributed by atoms with E-state index in [9.17, 15) is 18.0 Å². The van der Waals surface area contributed by atoms with Gasteiger partial charge in [0.05, 0.1) is 22.7 Å². The van der Waals surface area contributed by atoms with E-state index in [2.05, 4.69) is 4.72 Å². The molecule has 32 heavy (non-hydrogen) atoms. The molecule has 1 N–H and O–H groups in total. The van der Waals surface area contributed by atoms with Crippen molar-refractivity contribution in [3.8, 4) is 11.1 Å². The Balaban J connectivity index is 1.47. The first kappa shape index (κ1) is 21.0. The average Bonchev–Trinajstić information content (AvgIpc) is 3.64. The third-order valence-corrected chi connectivity index (χ3v) is 8.26. The van der Waals surface area contributed by atoms with Crippen molar-refractivity contribution >= 4 is 38.9 Å². The lowest BCUT2D eigenvalue weighted by Gasteiger charge is -2.41. The smallest absolute Gasteiger partial charge is 0.235 e.